The maximum absolute atomic E-state index is 5.90. The fourth-order valence-electron chi connectivity index (χ4n) is 1.39. The molecule has 2 heteroatoms. The van der Waals surface area contributed by atoms with Crippen molar-refractivity contribution in [2.45, 2.75) is 33.1 Å². The minimum absolute atomic E-state index is 0.0859. The van der Waals surface area contributed by atoms with E-state index in [0.717, 1.165) is 16.9 Å². The van der Waals surface area contributed by atoms with Gasteiger partial charge in [-0.05, 0) is 29.5 Å². The summed E-state index contributed by atoms with van der Waals surface area (Å²) in [5.74, 6) is 0. The first-order valence-electron chi connectivity index (χ1n) is 4.48. The highest BCUT2D eigenvalue weighted by Gasteiger charge is 2.17. The van der Waals surface area contributed by atoms with E-state index < -0.39 is 0 Å². The molecule has 0 aliphatic rings. The third kappa shape index (κ3) is 1.94. The van der Waals surface area contributed by atoms with Crippen molar-refractivity contribution in [2.75, 3.05) is 11.5 Å². The van der Waals surface area contributed by atoms with Crippen LogP contribution in [0.2, 0.25) is 0 Å². The van der Waals surface area contributed by atoms with Crippen LogP contribution in [0.1, 0.15) is 31.9 Å². The highest BCUT2D eigenvalue weighted by molar-refractivity contribution is 5.62. The van der Waals surface area contributed by atoms with E-state index in [2.05, 4.69) is 26.8 Å². The van der Waals surface area contributed by atoms with Gasteiger partial charge < -0.3 is 11.5 Å². The van der Waals surface area contributed by atoms with Crippen molar-refractivity contribution in [3.8, 4) is 0 Å². The molecule has 0 fully saturated rings. The van der Waals surface area contributed by atoms with Gasteiger partial charge in [0.2, 0.25) is 0 Å². The third-order valence-electron chi connectivity index (χ3n) is 2.25. The first-order chi connectivity index (χ1) is 5.82. The van der Waals surface area contributed by atoms with Crippen LogP contribution in [0.3, 0.4) is 0 Å². The largest absolute Gasteiger partial charge is 0.398 e. The van der Waals surface area contributed by atoms with Crippen LogP contribution >= 0.6 is 0 Å². The molecular weight excluding hydrogens is 160 g/mol. The lowest BCUT2D eigenvalue weighted by Crippen LogP contribution is -2.14. The Morgan fingerprint density at radius 3 is 2.00 bits per heavy atom. The molecule has 4 N–H and O–H groups in total. The Hall–Kier alpha value is -1.18. The van der Waals surface area contributed by atoms with E-state index >= 15 is 0 Å². The monoisotopic (exact) mass is 178 g/mol. The van der Waals surface area contributed by atoms with E-state index in [-0.39, 0.29) is 5.41 Å². The van der Waals surface area contributed by atoms with Gasteiger partial charge in [-0.3, -0.25) is 0 Å². The van der Waals surface area contributed by atoms with Gasteiger partial charge in [0, 0.05) is 11.4 Å². The molecule has 2 nitrogen and oxygen atoms in total. The Kier molecular flexibility index (Phi) is 2.24. The molecule has 1 aromatic rings. The Morgan fingerprint density at radius 2 is 1.54 bits per heavy atom. The Labute approximate surface area is 79.9 Å². The molecular formula is C11H18N2. The molecule has 0 aliphatic carbocycles. The molecule has 0 spiro atoms. The molecule has 72 valence electrons. The van der Waals surface area contributed by atoms with E-state index in [1.54, 1.807) is 0 Å². The lowest BCUT2D eigenvalue weighted by atomic mass is 9.85. The molecule has 0 atom stereocenters. The number of nitrogen functional groups attached to an aromatic ring is 2. The zero-order valence-corrected chi connectivity index (χ0v) is 8.81. The van der Waals surface area contributed by atoms with Crippen molar-refractivity contribution in [3.63, 3.8) is 0 Å². The van der Waals surface area contributed by atoms with Gasteiger partial charge in [0.1, 0.15) is 0 Å². The van der Waals surface area contributed by atoms with Crippen LogP contribution in [0.4, 0.5) is 11.4 Å². The summed E-state index contributed by atoms with van der Waals surface area (Å²) >= 11 is 0. The van der Waals surface area contributed by atoms with Crippen molar-refractivity contribution in [2.24, 2.45) is 0 Å². The molecule has 0 amide bonds. The van der Waals surface area contributed by atoms with Gasteiger partial charge in [0.25, 0.3) is 0 Å². The molecule has 13 heavy (non-hydrogen) atoms. The summed E-state index contributed by atoms with van der Waals surface area (Å²) in [5.41, 5.74) is 15.6. The smallest absolute Gasteiger partial charge is 0.0372 e. The molecule has 0 bridgehead atoms. The second-order valence-electron chi connectivity index (χ2n) is 4.55. The number of rotatable bonds is 0. The van der Waals surface area contributed by atoms with Crippen molar-refractivity contribution >= 4 is 11.4 Å². The minimum atomic E-state index is 0.0859. The van der Waals surface area contributed by atoms with Gasteiger partial charge >= 0.3 is 0 Å². The van der Waals surface area contributed by atoms with E-state index in [1.165, 1.54) is 5.56 Å². The van der Waals surface area contributed by atoms with Crippen molar-refractivity contribution in [1.29, 1.82) is 0 Å². The maximum atomic E-state index is 5.90. The van der Waals surface area contributed by atoms with Gasteiger partial charge in [-0.25, -0.2) is 0 Å². The lowest BCUT2D eigenvalue weighted by molar-refractivity contribution is 0.592. The minimum Gasteiger partial charge on any atom is -0.398 e. The average molecular weight is 178 g/mol. The fourth-order valence-corrected chi connectivity index (χ4v) is 1.39. The molecule has 0 saturated carbocycles. The SMILES string of the molecule is Cc1cc(C(C)(C)C)c(N)cc1N. The molecule has 0 unspecified atom stereocenters. The second-order valence-corrected chi connectivity index (χ2v) is 4.55. The number of benzene rings is 1. The van der Waals surface area contributed by atoms with Gasteiger partial charge in [-0.15, -0.1) is 0 Å². The standard InChI is InChI=1S/C11H18N2/c1-7-5-8(11(2,3)4)10(13)6-9(7)12/h5-6H,12-13H2,1-4H3. The average Bonchev–Trinajstić information content (AvgIpc) is 1.94. The number of hydrogen-bond acceptors (Lipinski definition) is 2. The van der Waals surface area contributed by atoms with Crippen LogP contribution in [-0.4, -0.2) is 0 Å². The highest BCUT2D eigenvalue weighted by atomic mass is 14.6. The molecule has 0 saturated heterocycles. The third-order valence-corrected chi connectivity index (χ3v) is 2.25. The molecule has 0 heterocycles. The van der Waals surface area contributed by atoms with Crippen LogP contribution < -0.4 is 11.5 Å². The Balaban J connectivity index is 3.32. The molecule has 0 aromatic heterocycles. The molecule has 1 aromatic carbocycles. The summed E-state index contributed by atoms with van der Waals surface area (Å²) in [4.78, 5) is 0. The van der Waals surface area contributed by atoms with Crippen LogP contribution in [0.5, 0.6) is 0 Å². The summed E-state index contributed by atoms with van der Waals surface area (Å²) in [6.07, 6.45) is 0. The number of aryl methyl sites for hydroxylation is 1. The first-order valence-corrected chi connectivity index (χ1v) is 4.48. The van der Waals surface area contributed by atoms with Crippen molar-refractivity contribution in [1.82, 2.24) is 0 Å². The summed E-state index contributed by atoms with van der Waals surface area (Å²) in [5, 5.41) is 0. The highest BCUT2D eigenvalue weighted by Crippen LogP contribution is 2.30. The number of anilines is 2. The van der Waals surface area contributed by atoms with Crippen molar-refractivity contribution < 1.29 is 0 Å². The van der Waals surface area contributed by atoms with E-state index in [9.17, 15) is 0 Å². The van der Waals surface area contributed by atoms with Crippen LogP contribution in [0.25, 0.3) is 0 Å². The predicted molar refractivity (Wildman–Crippen MR) is 58.7 cm³/mol. The Bertz CT molecular complexity index is 322. The van der Waals surface area contributed by atoms with Gasteiger partial charge in [0.15, 0.2) is 0 Å². The van der Waals surface area contributed by atoms with Crippen molar-refractivity contribution in [3.05, 3.63) is 23.3 Å². The summed E-state index contributed by atoms with van der Waals surface area (Å²) in [7, 11) is 0. The van der Waals surface area contributed by atoms with Gasteiger partial charge in [0.05, 0.1) is 0 Å². The molecule has 0 aliphatic heterocycles. The summed E-state index contributed by atoms with van der Waals surface area (Å²) in [6, 6.07) is 3.92. The van der Waals surface area contributed by atoms with Gasteiger partial charge in [-0.1, -0.05) is 26.8 Å². The summed E-state index contributed by atoms with van der Waals surface area (Å²) < 4.78 is 0. The van der Waals surface area contributed by atoms with E-state index in [4.69, 9.17) is 11.5 Å². The van der Waals surface area contributed by atoms with Crippen LogP contribution in [-0.2, 0) is 5.41 Å². The molecule has 1 rings (SSSR count). The molecule has 0 radical (unpaired) electrons. The lowest BCUT2D eigenvalue weighted by Gasteiger charge is -2.22. The van der Waals surface area contributed by atoms with Crippen LogP contribution in [0.15, 0.2) is 12.1 Å². The van der Waals surface area contributed by atoms with Gasteiger partial charge in [-0.2, -0.15) is 0 Å². The van der Waals surface area contributed by atoms with E-state index in [1.807, 2.05) is 13.0 Å². The maximum Gasteiger partial charge on any atom is 0.0372 e. The zero-order chi connectivity index (χ0) is 10.2. The van der Waals surface area contributed by atoms with E-state index in [0.29, 0.717) is 0 Å². The predicted octanol–water partition coefficient (Wildman–Crippen LogP) is 2.46. The topological polar surface area (TPSA) is 52.0 Å². The second kappa shape index (κ2) is 2.95. The summed E-state index contributed by atoms with van der Waals surface area (Å²) in [6.45, 7) is 8.45. The van der Waals surface area contributed by atoms with Crippen LogP contribution in [0, 0.1) is 6.92 Å². The number of nitrogens with two attached hydrogens (primary N) is 2. The fraction of sp³-hybridized carbons (Fsp3) is 0.455. The quantitative estimate of drug-likeness (QED) is 0.599. The zero-order valence-electron chi connectivity index (χ0n) is 8.81. The Morgan fingerprint density at radius 1 is 1.00 bits per heavy atom. The number of hydrogen-bond donors (Lipinski definition) is 2. The first kappa shape index (κ1) is 9.90. The normalized spacial score (nSPS) is 11.7.